The van der Waals surface area contributed by atoms with E-state index in [1.807, 2.05) is 23.5 Å². The predicted molar refractivity (Wildman–Crippen MR) is 221 cm³/mol. The van der Waals surface area contributed by atoms with E-state index < -0.39 is 0 Å². The molecule has 0 aliphatic carbocycles. The molecule has 0 spiro atoms. The van der Waals surface area contributed by atoms with Crippen molar-refractivity contribution in [2.75, 3.05) is 4.90 Å². The Kier molecular flexibility index (Phi) is 6.42. The maximum atomic E-state index is 6.20. The first kappa shape index (κ1) is 29.1. The van der Waals surface area contributed by atoms with Gasteiger partial charge in [0, 0.05) is 64.5 Å². The van der Waals surface area contributed by atoms with E-state index in [0.717, 1.165) is 50.2 Å². The SMILES string of the molecule is c1ccc(N(c2ccc(-c3ccc4sc5ccccc5c4c3)cc2)c2ccc3c4ccccc4n(-c4ccc5oc6ccccc6c5c4)c3c2)cc1. The van der Waals surface area contributed by atoms with Crippen LogP contribution in [0.15, 0.2) is 186 Å². The van der Waals surface area contributed by atoms with Crippen LogP contribution in [0.1, 0.15) is 0 Å². The smallest absolute Gasteiger partial charge is 0.135 e. The number of furan rings is 1. The van der Waals surface area contributed by atoms with E-state index in [1.165, 1.54) is 47.6 Å². The second-order valence-electron chi connectivity index (χ2n) is 13.4. The minimum atomic E-state index is 0.897. The number of thiophene rings is 1. The fourth-order valence-corrected chi connectivity index (χ4v) is 9.05. The average molecular weight is 683 g/mol. The molecule has 8 aromatic carbocycles. The monoisotopic (exact) mass is 682 g/mol. The number of para-hydroxylation sites is 3. The lowest BCUT2D eigenvalue weighted by molar-refractivity contribution is 0.669. The van der Waals surface area contributed by atoms with E-state index >= 15 is 0 Å². The third-order valence-electron chi connectivity index (χ3n) is 10.4. The Balaban J connectivity index is 1.06. The van der Waals surface area contributed by atoms with Crippen molar-refractivity contribution in [3.63, 3.8) is 0 Å². The van der Waals surface area contributed by atoms with Crippen LogP contribution in [0.3, 0.4) is 0 Å². The summed E-state index contributed by atoms with van der Waals surface area (Å²) in [4.78, 5) is 2.35. The van der Waals surface area contributed by atoms with Crippen molar-refractivity contribution < 1.29 is 4.42 Å². The summed E-state index contributed by atoms with van der Waals surface area (Å²) in [6.45, 7) is 0. The first-order chi connectivity index (χ1) is 25.8. The topological polar surface area (TPSA) is 21.3 Å². The zero-order chi connectivity index (χ0) is 34.2. The molecule has 0 fully saturated rings. The molecule has 0 N–H and O–H groups in total. The van der Waals surface area contributed by atoms with Crippen molar-refractivity contribution in [3.8, 4) is 16.8 Å². The quantitative estimate of drug-likeness (QED) is 0.180. The summed E-state index contributed by atoms with van der Waals surface area (Å²) in [5, 5.41) is 7.33. The van der Waals surface area contributed by atoms with Crippen molar-refractivity contribution in [1.82, 2.24) is 4.57 Å². The summed E-state index contributed by atoms with van der Waals surface area (Å²) in [5.74, 6) is 0. The number of rotatable bonds is 5. The highest BCUT2D eigenvalue weighted by atomic mass is 32.1. The van der Waals surface area contributed by atoms with Crippen LogP contribution in [0.5, 0.6) is 0 Å². The molecule has 0 bridgehead atoms. The molecule has 0 aliphatic heterocycles. The van der Waals surface area contributed by atoms with E-state index in [1.54, 1.807) is 0 Å². The summed E-state index contributed by atoms with van der Waals surface area (Å²) in [6.07, 6.45) is 0. The van der Waals surface area contributed by atoms with Gasteiger partial charge in [-0.1, -0.05) is 97.1 Å². The molecule has 0 aliphatic rings. The van der Waals surface area contributed by atoms with Crippen LogP contribution in [-0.2, 0) is 0 Å². The van der Waals surface area contributed by atoms with Crippen molar-refractivity contribution >= 4 is 92.3 Å². The summed E-state index contributed by atoms with van der Waals surface area (Å²) >= 11 is 1.86. The lowest BCUT2D eigenvalue weighted by atomic mass is 10.0. The fourth-order valence-electron chi connectivity index (χ4n) is 7.96. The van der Waals surface area contributed by atoms with E-state index in [0.29, 0.717) is 0 Å². The summed E-state index contributed by atoms with van der Waals surface area (Å²) in [7, 11) is 0. The van der Waals surface area contributed by atoms with Gasteiger partial charge < -0.3 is 13.9 Å². The van der Waals surface area contributed by atoms with E-state index in [4.69, 9.17) is 4.42 Å². The van der Waals surface area contributed by atoms with Gasteiger partial charge in [-0.05, 0) is 96.1 Å². The van der Waals surface area contributed by atoms with Gasteiger partial charge in [-0.3, -0.25) is 0 Å². The standard InChI is InChI=1S/C48H30N2OS/c1-2-10-33(11-3-1)49(34-21-18-31(19-22-34)32-20-27-48-42(28-32)40-14-6-9-17-47(40)52-48)36-23-25-38-37-12-4-7-15-43(37)50(44(38)30-36)35-24-26-46-41(29-35)39-13-5-8-16-45(39)51-46/h1-30H. The molecule has 244 valence electrons. The molecule has 11 rings (SSSR count). The number of aromatic nitrogens is 1. The van der Waals surface area contributed by atoms with Crippen molar-refractivity contribution in [2.45, 2.75) is 0 Å². The maximum Gasteiger partial charge on any atom is 0.135 e. The van der Waals surface area contributed by atoms with Gasteiger partial charge in [0.1, 0.15) is 11.2 Å². The Morgan fingerprint density at radius 3 is 1.92 bits per heavy atom. The first-order valence-electron chi connectivity index (χ1n) is 17.6. The summed E-state index contributed by atoms with van der Waals surface area (Å²) in [5.41, 5.74) is 11.0. The van der Waals surface area contributed by atoms with Gasteiger partial charge in [0.25, 0.3) is 0 Å². The second kappa shape index (κ2) is 11.5. The highest BCUT2D eigenvalue weighted by molar-refractivity contribution is 7.25. The van der Waals surface area contributed by atoms with E-state index in [2.05, 4.69) is 179 Å². The molecule has 0 saturated carbocycles. The van der Waals surface area contributed by atoms with Gasteiger partial charge in [-0.2, -0.15) is 0 Å². The molecule has 0 atom stereocenters. The van der Waals surface area contributed by atoms with Crippen LogP contribution in [0.4, 0.5) is 17.1 Å². The van der Waals surface area contributed by atoms with Gasteiger partial charge in [0.05, 0.1) is 11.0 Å². The Bertz CT molecular complexity index is 3130. The van der Waals surface area contributed by atoms with Gasteiger partial charge in [0.15, 0.2) is 0 Å². The third kappa shape index (κ3) is 4.51. The van der Waals surface area contributed by atoms with Crippen molar-refractivity contribution in [2.24, 2.45) is 0 Å². The first-order valence-corrected chi connectivity index (χ1v) is 18.4. The lowest BCUT2D eigenvalue weighted by Crippen LogP contribution is -2.10. The predicted octanol–water partition coefficient (Wildman–Crippen LogP) is 14.2. The maximum absolute atomic E-state index is 6.20. The molecular formula is C48H30N2OS. The van der Waals surface area contributed by atoms with Crippen molar-refractivity contribution in [3.05, 3.63) is 182 Å². The van der Waals surface area contributed by atoms with E-state index in [-0.39, 0.29) is 0 Å². The lowest BCUT2D eigenvalue weighted by Gasteiger charge is -2.26. The number of anilines is 3. The Hall–Kier alpha value is -6.62. The zero-order valence-corrected chi connectivity index (χ0v) is 28.8. The van der Waals surface area contributed by atoms with Crippen LogP contribution in [0.2, 0.25) is 0 Å². The molecule has 3 heterocycles. The molecule has 0 unspecified atom stereocenters. The Morgan fingerprint density at radius 1 is 0.385 bits per heavy atom. The molecule has 52 heavy (non-hydrogen) atoms. The van der Waals surface area contributed by atoms with Gasteiger partial charge >= 0.3 is 0 Å². The number of nitrogens with zero attached hydrogens (tertiary/aromatic N) is 2. The largest absolute Gasteiger partial charge is 0.456 e. The third-order valence-corrected chi connectivity index (χ3v) is 11.5. The molecule has 11 aromatic rings. The minimum Gasteiger partial charge on any atom is -0.456 e. The van der Waals surface area contributed by atoms with Crippen LogP contribution in [0.25, 0.3) is 80.7 Å². The number of hydrogen-bond acceptors (Lipinski definition) is 3. The average Bonchev–Trinajstić information content (AvgIpc) is 3.87. The minimum absolute atomic E-state index is 0.897. The molecule has 3 nitrogen and oxygen atoms in total. The number of hydrogen-bond donors (Lipinski definition) is 0. The van der Waals surface area contributed by atoms with Gasteiger partial charge in [0.2, 0.25) is 0 Å². The van der Waals surface area contributed by atoms with Crippen LogP contribution < -0.4 is 4.90 Å². The number of fused-ring (bicyclic) bond motifs is 9. The molecule has 3 aromatic heterocycles. The molecule has 0 saturated heterocycles. The molecule has 0 amide bonds. The van der Waals surface area contributed by atoms with Crippen LogP contribution in [0, 0.1) is 0 Å². The van der Waals surface area contributed by atoms with Crippen molar-refractivity contribution in [1.29, 1.82) is 0 Å². The molecular weight excluding hydrogens is 653 g/mol. The molecule has 4 heteroatoms. The summed E-state index contributed by atoms with van der Waals surface area (Å²) in [6, 6.07) is 65.6. The van der Waals surface area contributed by atoms with Crippen LogP contribution >= 0.6 is 11.3 Å². The van der Waals surface area contributed by atoms with Crippen LogP contribution in [-0.4, -0.2) is 4.57 Å². The second-order valence-corrected chi connectivity index (χ2v) is 14.4. The summed E-state index contributed by atoms with van der Waals surface area (Å²) < 4.78 is 11.2. The Labute approximate surface area is 303 Å². The Morgan fingerprint density at radius 2 is 1.04 bits per heavy atom. The molecule has 0 radical (unpaired) electrons. The zero-order valence-electron chi connectivity index (χ0n) is 28.0. The van der Waals surface area contributed by atoms with Gasteiger partial charge in [-0.15, -0.1) is 11.3 Å². The van der Waals surface area contributed by atoms with E-state index in [9.17, 15) is 0 Å². The number of benzene rings is 8. The normalized spacial score (nSPS) is 11.8. The fraction of sp³-hybridized carbons (Fsp3) is 0. The highest BCUT2D eigenvalue weighted by Gasteiger charge is 2.18. The van der Waals surface area contributed by atoms with Gasteiger partial charge in [-0.25, -0.2) is 0 Å². The highest BCUT2D eigenvalue weighted by Crippen LogP contribution is 2.42.